The molecule has 1 aromatic heterocycles. The van der Waals surface area contributed by atoms with E-state index in [2.05, 4.69) is 4.90 Å². The van der Waals surface area contributed by atoms with Crippen LogP contribution in [-0.4, -0.2) is 50.6 Å². The van der Waals surface area contributed by atoms with Crippen molar-refractivity contribution in [1.29, 1.82) is 0 Å². The zero-order chi connectivity index (χ0) is 16.8. The van der Waals surface area contributed by atoms with Crippen LogP contribution < -0.4 is 5.43 Å². The SMILES string of the molecule is CCC(CO)n1cc(O)c(=O)cc1CN1CCCCC1CCO. The molecule has 1 aromatic rings. The maximum atomic E-state index is 11.9. The highest BCUT2D eigenvalue weighted by molar-refractivity contribution is 5.21. The van der Waals surface area contributed by atoms with E-state index in [0.717, 1.165) is 37.9 Å². The minimum Gasteiger partial charge on any atom is -0.503 e. The first-order valence-corrected chi connectivity index (χ1v) is 8.50. The van der Waals surface area contributed by atoms with Gasteiger partial charge in [0.15, 0.2) is 5.75 Å². The number of aliphatic hydroxyl groups excluding tert-OH is 2. The molecule has 1 aliphatic heterocycles. The van der Waals surface area contributed by atoms with Crippen LogP contribution in [0.15, 0.2) is 17.1 Å². The normalized spacial score (nSPS) is 20.6. The Balaban J connectivity index is 2.29. The van der Waals surface area contributed by atoms with E-state index in [4.69, 9.17) is 0 Å². The molecule has 3 N–H and O–H groups in total. The lowest BCUT2D eigenvalue weighted by Crippen LogP contribution is -2.40. The lowest BCUT2D eigenvalue weighted by atomic mass is 9.99. The summed E-state index contributed by atoms with van der Waals surface area (Å²) in [6.07, 6.45) is 6.22. The van der Waals surface area contributed by atoms with Gasteiger partial charge < -0.3 is 19.9 Å². The lowest BCUT2D eigenvalue weighted by molar-refractivity contribution is 0.107. The van der Waals surface area contributed by atoms with E-state index in [0.29, 0.717) is 19.0 Å². The average molecular weight is 324 g/mol. The van der Waals surface area contributed by atoms with E-state index in [1.807, 2.05) is 11.5 Å². The summed E-state index contributed by atoms with van der Waals surface area (Å²) in [5.74, 6) is -0.286. The van der Waals surface area contributed by atoms with Gasteiger partial charge in [-0.3, -0.25) is 9.69 Å². The molecule has 23 heavy (non-hydrogen) atoms. The number of aliphatic hydroxyl groups is 2. The van der Waals surface area contributed by atoms with Crippen molar-refractivity contribution in [3.63, 3.8) is 0 Å². The molecule has 2 unspecified atom stereocenters. The molecular formula is C17H28N2O4. The van der Waals surface area contributed by atoms with Crippen molar-refractivity contribution in [3.8, 4) is 5.75 Å². The molecule has 0 saturated carbocycles. The van der Waals surface area contributed by atoms with Gasteiger partial charge in [-0.1, -0.05) is 13.3 Å². The third kappa shape index (κ3) is 4.34. The van der Waals surface area contributed by atoms with Crippen LogP contribution >= 0.6 is 0 Å². The summed E-state index contributed by atoms with van der Waals surface area (Å²) >= 11 is 0. The predicted octanol–water partition coefficient (Wildman–Crippen LogP) is 1.23. The minimum absolute atomic E-state index is 0.0358. The van der Waals surface area contributed by atoms with Gasteiger partial charge in [-0.25, -0.2) is 0 Å². The molecule has 2 atom stereocenters. The summed E-state index contributed by atoms with van der Waals surface area (Å²) in [6, 6.07) is 1.64. The molecule has 6 nitrogen and oxygen atoms in total. The maximum Gasteiger partial charge on any atom is 0.223 e. The van der Waals surface area contributed by atoms with Gasteiger partial charge in [0.05, 0.1) is 18.8 Å². The Bertz CT molecular complexity index is 552. The fraction of sp³-hybridized carbons (Fsp3) is 0.706. The van der Waals surface area contributed by atoms with Gasteiger partial charge in [-0.2, -0.15) is 0 Å². The summed E-state index contributed by atoms with van der Waals surface area (Å²) < 4.78 is 1.82. The van der Waals surface area contributed by atoms with Gasteiger partial charge in [0.2, 0.25) is 5.43 Å². The second kappa shape index (κ2) is 8.47. The van der Waals surface area contributed by atoms with Crippen LogP contribution in [-0.2, 0) is 6.54 Å². The Morgan fingerprint density at radius 3 is 2.78 bits per heavy atom. The topological polar surface area (TPSA) is 85.9 Å². The second-order valence-electron chi connectivity index (χ2n) is 6.30. The Morgan fingerprint density at radius 1 is 1.35 bits per heavy atom. The number of piperidine rings is 1. The Labute approximate surface area is 137 Å². The average Bonchev–Trinajstić information content (AvgIpc) is 2.55. The minimum atomic E-state index is -0.389. The fourth-order valence-electron chi connectivity index (χ4n) is 3.41. The first-order valence-electron chi connectivity index (χ1n) is 8.50. The summed E-state index contributed by atoms with van der Waals surface area (Å²) in [6.45, 7) is 3.63. The summed E-state index contributed by atoms with van der Waals surface area (Å²) in [4.78, 5) is 14.2. The highest BCUT2D eigenvalue weighted by atomic mass is 16.3. The van der Waals surface area contributed by atoms with Crippen LogP contribution in [0.25, 0.3) is 0 Å². The van der Waals surface area contributed by atoms with Crippen LogP contribution in [0, 0.1) is 0 Å². The van der Waals surface area contributed by atoms with Crippen LogP contribution in [0.1, 0.15) is 50.8 Å². The molecule has 130 valence electrons. The number of rotatable bonds is 7. The fourth-order valence-corrected chi connectivity index (χ4v) is 3.41. The maximum absolute atomic E-state index is 11.9. The molecular weight excluding hydrogens is 296 g/mol. The molecule has 0 bridgehead atoms. The van der Waals surface area contributed by atoms with Crippen molar-refractivity contribution in [2.24, 2.45) is 0 Å². The molecule has 1 fully saturated rings. The zero-order valence-electron chi connectivity index (χ0n) is 13.8. The molecule has 6 heteroatoms. The standard InChI is InChI=1S/C17H28N2O4/c1-2-13(12-21)19-11-17(23)16(22)9-15(19)10-18-7-4-3-5-14(18)6-8-20/h9,11,13-14,20-21,23H,2-8,10,12H2,1H3. The number of aromatic hydroxyl groups is 1. The number of nitrogens with zero attached hydrogens (tertiary/aromatic N) is 2. The van der Waals surface area contributed by atoms with Gasteiger partial charge in [0.25, 0.3) is 0 Å². The third-order valence-electron chi connectivity index (χ3n) is 4.80. The molecule has 0 radical (unpaired) electrons. The van der Waals surface area contributed by atoms with Crippen molar-refractivity contribution in [1.82, 2.24) is 9.47 Å². The van der Waals surface area contributed by atoms with Crippen LogP contribution in [0.3, 0.4) is 0 Å². The van der Waals surface area contributed by atoms with Crippen LogP contribution in [0.2, 0.25) is 0 Å². The van der Waals surface area contributed by atoms with Gasteiger partial charge in [0, 0.05) is 31.0 Å². The van der Waals surface area contributed by atoms with Crippen LogP contribution in [0.5, 0.6) is 5.75 Å². The van der Waals surface area contributed by atoms with E-state index >= 15 is 0 Å². The molecule has 0 aromatic carbocycles. The van der Waals surface area contributed by atoms with Gasteiger partial charge >= 0.3 is 0 Å². The zero-order valence-corrected chi connectivity index (χ0v) is 13.8. The van der Waals surface area contributed by atoms with Gasteiger partial charge in [-0.15, -0.1) is 0 Å². The highest BCUT2D eigenvalue weighted by Crippen LogP contribution is 2.23. The number of hydrogen-bond donors (Lipinski definition) is 3. The van der Waals surface area contributed by atoms with E-state index in [9.17, 15) is 20.1 Å². The quantitative estimate of drug-likeness (QED) is 0.702. The van der Waals surface area contributed by atoms with Gasteiger partial charge in [0.1, 0.15) is 0 Å². The number of likely N-dealkylation sites (tertiary alicyclic amines) is 1. The molecule has 1 saturated heterocycles. The largest absolute Gasteiger partial charge is 0.503 e. The lowest BCUT2D eigenvalue weighted by Gasteiger charge is -2.36. The third-order valence-corrected chi connectivity index (χ3v) is 4.80. The smallest absolute Gasteiger partial charge is 0.223 e. The molecule has 1 aliphatic rings. The summed E-state index contributed by atoms with van der Waals surface area (Å²) in [5.41, 5.74) is 0.415. The summed E-state index contributed by atoms with van der Waals surface area (Å²) in [7, 11) is 0. The van der Waals surface area contributed by atoms with Crippen molar-refractivity contribution < 1.29 is 15.3 Å². The monoisotopic (exact) mass is 324 g/mol. The van der Waals surface area contributed by atoms with Crippen molar-refractivity contribution >= 4 is 0 Å². The predicted molar refractivity (Wildman–Crippen MR) is 88.5 cm³/mol. The summed E-state index contributed by atoms with van der Waals surface area (Å²) in [5, 5.41) is 28.6. The second-order valence-corrected chi connectivity index (χ2v) is 6.30. The number of aromatic nitrogens is 1. The first-order chi connectivity index (χ1) is 11.1. The Morgan fingerprint density at radius 2 is 2.13 bits per heavy atom. The molecule has 0 spiro atoms. The van der Waals surface area contributed by atoms with E-state index in [1.165, 1.54) is 12.3 Å². The number of pyridine rings is 1. The van der Waals surface area contributed by atoms with Crippen molar-refractivity contribution in [2.45, 2.75) is 57.7 Å². The van der Waals surface area contributed by atoms with E-state index in [-0.39, 0.29) is 30.4 Å². The molecule has 2 rings (SSSR count). The molecule has 2 heterocycles. The Kier molecular flexibility index (Phi) is 6.62. The number of hydrogen-bond acceptors (Lipinski definition) is 5. The molecule has 0 amide bonds. The van der Waals surface area contributed by atoms with E-state index < -0.39 is 0 Å². The highest BCUT2D eigenvalue weighted by Gasteiger charge is 2.24. The van der Waals surface area contributed by atoms with Crippen molar-refractivity contribution in [3.05, 3.63) is 28.2 Å². The first kappa shape index (κ1) is 18.0. The van der Waals surface area contributed by atoms with Gasteiger partial charge in [-0.05, 0) is 32.2 Å². The Hall–Kier alpha value is -1.37. The van der Waals surface area contributed by atoms with Crippen LogP contribution in [0.4, 0.5) is 0 Å². The van der Waals surface area contributed by atoms with E-state index in [1.54, 1.807) is 0 Å². The molecule has 0 aliphatic carbocycles. The van der Waals surface area contributed by atoms with Crippen molar-refractivity contribution in [2.75, 3.05) is 19.8 Å².